The van der Waals surface area contributed by atoms with Gasteiger partial charge in [-0.3, -0.25) is 4.79 Å². The van der Waals surface area contributed by atoms with Gasteiger partial charge >= 0.3 is 5.97 Å². The minimum absolute atomic E-state index is 0.917. The van der Waals surface area contributed by atoms with Crippen LogP contribution >= 0.6 is 0 Å². The highest BCUT2D eigenvalue weighted by Gasteiger charge is 1.97. The maximum atomic E-state index is 9.39. The summed E-state index contributed by atoms with van der Waals surface area (Å²) >= 11 is 0. The van der Waals surface area contributed by atoms with Gasteiger partial charge in [0.2, 0.25) is 0 Å². The molecule has 0 bridgehead atoms. The van der Waals surface area contributed by atoms with Crippen molar-refractivity contribution >= 4 is 11.9 Å². The molecule has 0 aromatic rings. The molecule has 78 valence electrons. The van der Waals surface area contributed by atoms with Crippen LogP contribution in [0.2, 0.25) is 0 Å². The average Bonchev–Trinajstić information content (AvgIpc) is 1.84. The fraction of sp³-hybridized carbons (Fsp3) is 0.750. The van der Waals surface area contributed by atoms with Gasteiger partial charge < -0.3 is 19.5 Å². The molecule has 0 unspecified atom stereocenters. The predicted octanol–water partition coefficient (Wildman–Crippen LogP) is -1.08. The summed E-state index contributed by atoms with van der Waals surface area (Å²) in [7, 11) is 6.54. The molecule has 0 spiro atoms. The highest BCUT2D eigenvalue weighted by molar-refractivity contribution is 5.87. The van der Waals surface area contributed by atoms with Gasteiger partial charge in [0.1, 0.15) is 0 Å². The van der Waals surface area contributed by atoms with Crippen molar-refractivity contribution in [1.82, 2.24) is 0 Å². The third kappa shape index (κ3) is 24.8. The van der Waals surface area contributed by atoms with Crippen molar-refractivity contribution in [1.29, 1.82) is 0 Å². The first-order valence-corrected chi connectivity index (χ1v) is 3.91. The topological polar surface area (TPSA) is 77.4 Å². The lowest BCUT2D eigenvalue weighted by Crippen LogP contribution is -2.33. The SMILES string of the molecule is CC[N+](C)(C)C.O=C([O-])CC(=O)O. The van der Waals surface area contributed by atoms with Crippen LogP contribution in [-0.4, -0.2) is 49.2 Å². The molecule has 0 heterocycles. The molecule has 13 heavy (non-hydrogen) atoms. The number of carbonyl (C=O) groups excluding carboxylic acids is 1. The number of carboxylic acids is 2. The lowest BCUT2D eigenvalue weighted by Gasteiger charge is -2.20. The minimum atomic E-state index is -1.56. The fourth-order valence-electron chi connectivity index (χ4n) is 0.123. The van der Waals surface area contributed by atoms with Crippen molar-refractivity contribution in [3.8, 4) is 0 Å². The number of rotatable bonds is 3. The Morgan fingerprint density at radius 3 is 1.62 bits per heavy atom. The zero-order chi connectivity index (χ0) is 11.1. The Hall–Kier alpha value is -1.10. The second kappa shape index (κ2) is 6.42. The van der Waals surface area contributed by atoms with Crippen molar-refractivity contribution in [3.63, 3.8) is 0 Å². The summed E-state index contributed by atoms with van der Waals surface area (Å²) in [6.07, 6.45) is -0.917. The van der Waals surface area contributed by atoms with E-state index in [1.54, 1.807) is 0 Å². The number of aliphatic carboxylic acids is 2. The minimum Gasteiger partial charge on any atom is -0.550 e. The zero-order valence-corrected chi connectivity index (χ0v) is 8.53. The van der Waals surface area contributed by atoms with E-state index in [0.29, 0.717) is 0 Å². The molecule has 0 amide bonds. The molecule has 0 atom stereocenters. The largest absolute Gasteiger partial charge is 0.550 e. The Morgan fingerprint density at radius 2 is 1.62 bits per heavy atom. The zero-order valence-electron chi connectivity index (χ0n) is 8.53. The lowest BCUT2D eigenvalue weighted by atomic mass is 10.5. The Morgan fingerprint density at radius 1 is 1.31 bits per heavy atom. The van der Waals surface area contributed by atoms with Crippen LogP contribution in [0.15, 0.2) is 0 Å². The normalized spacial score (nSPS) is 9.85. The summed E-state index contributed by atoms with van der Waals surface area (Å²) in [5, 5.41) is 17.0. The number of carboxylic acid groups (broad SMARTS) is 2. The van der Waals surface area contributed by atoms with E-state index in [4.69, 9.17) is 5.11 Å². The van der Waals surface area contributed by atoms with Gasteiger partial charge in [-0.15, -0.1) is 0 Å². The number of quaternary nitrogens is 1. The highest BCUT2D eigenvalue weighted by atomic mass is 16.4. The van der Waals surface area contributed by atoms with Crippen molar-refractivity contribution in [2.24, 2.45) is 0 Å². The second-order valence-electron chi connectivity index (χ2n) is 3.55. The highest BCUT2D eigenvalue weighted by Crippen LogP contribution is 1.83. The molecule has 5 heteroatoms. The number of carbonyl (C=O) groups is 2. The molecule has 0 aliphatic heterocycles. The molecule has 0 saturated heterocycles. The Kier molecular flexibility index (Phi) is 7.12. The molecule has 0 fully saturated rings. The van der Waals surface area contributed by atoms with Gasteiger partial charge in [0.25, 0.3) is 0 Å². The molecule has 0 aliphatic carbocycles. The van der Waals surface area contributed by atoms with Gasteiger partial charge in [0, 0.05) is 0 Å². The standard InChI is InChI=1S/C5H14N.C3H4O4/c1-5-6(2,3)4;4-2(5)1-3(6)7/h5H2,1-4H3;1H2,(H,4,5)(H,6,7)/q+1;/p-1. The molecule has 5 nitrogen and oxygen atoms in total. The fourth-order valence-corrected chi connectivity index (χ4v) is 0.123. The molecule has 0 aliphatic rings. The van der Waals surface area contributed by atoms with E-state index in [1.165, 1.54) is 6.54 Å². The molecular formula is C8H17NO4. The average molecular weight is 191 g/mol. The summed E-state index contributed by atoms with van der Waals surface area (Å²) in [5.41, 5.74) is 0. The van der Waals surface area contributed by atoms with E-state index in [2.05, 4.69) is 28.1 Å². The summed E-state index contributed by atoms with van der Waals surface area (Å²) in [5.74, 6) is -2.94. The van der Waals surface area contributed by atoms with E-state index in [0.717, 1.165) is 4.48 Å². The van der Waals surface area contributed by atoms with Crippen LogP contribution in [-0.2, 0) is 9.59 Å². The van der Waals surface area contributed by atoms with Crippen LogP contribution in [0, 0.1) is 0 Å². The van der Waals surface area contributed by atoms with E-state index in [9.17, 15) is 14.7 Å². The van der Waals surface area contributed by atoms with Crippen LogP contribution in [0.4, 0.5) is 0 Å². The molecule has 0 saturated carbocycles. The van der Waals surface area contributed by atoms with E-state index < -0.39 is 18.4 Å². The molecule has 0 aromatic carbocycles. The lowest BCUT2D eigenvalue weighted by molar-refractivity contribution is -0.868. The third-order valence-corrected chi connectivity index (χ3v) is 1.24. The monoisotopic (exact) mass is 191 g/mol. The van der Waals surface area contributed by atoms with E-state index in [-0.39, 0.29) is 0 Å². The Balaban J connectivity index is 0. The van der Waals surface area contributed by atoms with Crippen molar-refractivity contribution < 1.29 is 24.3 Å². The first-order chi connectivity index (χ1) is 5.69. The molecule has 0 radical (unpaired) electrons. The van der Waals surface area contributed by atoms with Gasteiger partial charge in [0.15, 0.2) is 0 Å². The van der Waals surface area contributed by atoms with Gasteiger partial charge in [-0.1, -0.05) is 0 Å². The van der Waals surface area contributed by atoms with E-state index >= 15 is 0 Å². The first kappa shape index (κ1) is 14.4. The second-order valence-corrected chi connectivity index (χ2v) is 3.55. The maximum absolute atomic E-state index is 9.39. The van der Waals surface area contributed by atoms with Crippen molar-refractivity contribution in [2.75, 3.05) is 27.7 Å². The molecule has 0 rings (SSSR count). The predicted molar refractivity (Wildman–Crippen MR) is 45.8 cm³/mol. The Labute approximate surface area is 78.2 Å². The van der Waals surface area contributed by atoms with Gasteiger partial charge in [-0.2, -0.15) is 0 Å². The Bertz CT molecular complexity index is 159. The van der Waals surface area contributed by atoms with Crippen LogP contribution in [0.5, 0.6) is 0 Å². The van der Waals surface area contributed by atoms with Gasteiger partial charge in [-0.25, -0.2) is 0 Å². The van der Waals surface area contributed by atoms with Crippen LogP contribution in [0.1, 0.15) is 13.3 Å². The third-order valence-electron chi connectivity index (χ3n) is 1.24. The van der Waals surface area contributed by atoms with Gasteiger partial charge in [-0.05, 0) is 6.92 Å². The number of hydrogen-bond acceptors (Lipinski definition) is 3. The van der Waals surface area contributed by atoms with Crippen LogP contribution in [0.25, 0.3) is 0 Å². The summed E-state index contributed by atoms with van der Waals surface area (Å²) in [4.78, 5) is 18.7. The molecular weight excluding hydrogens is 174 g/mol. The van der Waals surface area contributed by atoms with E-state index in [1.807, 2.05) is 0 Å². The van der Waals surface area contributed by atoms with Crippen LogP contribution < -0.4 is 5.11 Å². The first-order valence-electron chi connectivity index (χ1n) is 3.91. The number of nitrogens with zero attached hydrogens (tertiary/aromatic N) is 1. The summed E-state index contributed by atoms with van der Waals surface area (Å²) in [6, 6.07) is 0. The quantitative estimate of drug-likeness (QED) is 0.455. The van der Waals surface area contributed by atoms with Crippen LogP contribution in [0.3, 0.4) is 0 Å². The summed E-state index contributed by atoms with van der Waals surface area (Å²) in [6.45, 7) is 3.39. The van der Waals surface area contributed by atoms with Crippen molar-refractivity contribution in [2.45, 2.75) is 13.3 Å². The van der Waals surface area contributed by atoms with Gasteiger partial charge in [0.05, 0.1) is 40.1 Å². The number of hydrogen-bond donors (Lipinski definition) is 1. The maximum Gasteiger partial charge on any atom is 0.309 e. The molecule has 0 aromatic heterocycles. The van der Waals surface area contributed by atoms with Crippen molar-refractivity contribution in [3.05, 3.63) is 0 Å². The smallest absolute Gasteiger partial charge is 0.309 e. The summed E-state index contributed by atoms with van der Waals surface area (Å²) < 4.78 is 1.07. The molecule has 1 N–H and O–H groups in total.